The molecule has 1 unspecified atom stereocenters. The van der Waals surface area contributed by atoms with Crippen molar-refractivity contribution in [1.29, 1.82) is 0 Å². The van der Waals surface area contributed by atoms with Crippen LogP contribution in [-0.4, -0.2) is 43.6 Å². The van der Waals surface area contributed by atoms with Gasteiger partial charge in [-0.25, -0.2) is 4.98 Å². The number of nitrogens with zero attached hydrogens (tertiary/aromatic N) is 5. The molecule has 0 N–H and O–H groups in total. The SMILES string of the molecule is O=C(c1ccc2nc(Cl)ccc2c1)N1CCCC(c2nnc3n2CCCCC3)C1. The number of carbonyl (C=O) groups excluding carboxylic acids is 1. The highest BCUT2D eigenvalue weighted by Gasteiger charge is 2.30. The van der Waals surface area contributed by atoms with Crippen LogP contribution < -0.4 is 0 Å². The highest BCUT2D eigenvalue weighted by Crippen LogP contribution is 2.29. The van der Waals surface area contributed by atoms with E-state index in [0.29, 0.717) is 17.3 Å². The van der Waals surface area contributed by atoms with Crippen LogP contribution in [0.5, 0.6) is 0 Å². The quantitative estimate of drug-likeness (QED) is 0.594. The summed E-state index contributed by atoms with van der Waals surface area (Å²) in [6.07, 6.45) is 6.68. The zero-order chi connectivity index (χ0) is 19.8. The maximum absolute atomic E-state index is 13.2. The van der Waals surface area contributed by atoms with E-state index in [0.717, 1.165) is 54.9 Å². The molecule has 2 aliphatic heterocycles. The molecule has 3 aromatic rings. The highest BCUT2D eigenvalue weighted by molar-refractivity contribution is 6.29. The first-order chi connectivity index (χ1) is 14.2. The van der Waals surface area contributed by atoms with Gasteiger partial charge in [0.1, 0.15) is 16.8 Å². The van der Waals surface area contributed by atoms with Crippen molar-refractivity contribution < 1.29 is 4.79 Å². The van der Waals surface area contributed by atoms with E-state index >= 15 is 0 Å². The average molecular weight is 410 g/mol. The molecule has 1 atom stereocenters. The topological polar surface area (TPSA) is 63.9 Å². The minimum absolute atomic E-state index is 0.0714. The molecule has 1 amide bonds. The Morgan fingerprint density at radius 2 is 1.97 bits per heavy atom. The number of likely N-dealkylation sites (tertiary alicyclic amines) is 1. The summed E-state index contributed by atoms with van der Waals surface area (Å²) < 4.78 is 2.32. The van der Waals surface area contributed by atoms with Crippen LogP contribution in [0.4, 0.5) is 0 Å². The number of benzene rings is 1. The first-order valence-corrected chi connectivity index (χ1v) is 10.8. The number of hydrogen-bond donors (Lipinski definition) is 0. The van der Waals surface area contributed by atoms with Crippen LogP contribution in [0.25, 0.3) is 10.9 Å². The van der Waals surface area contributed by atoms with E-state index in [-0.39, 0.29) is 11.8 Å². The van der Waals surface area contributed by atoms with E-state index in [2.05, 4.69) is 19.7 Å². The summed E-state index contributed by atoms with van der Waals surface area (Å²) in [6, 6.07) is 9.29. The summed E-state index contributed by atoms with van der Waals surface area (Å²) in [4.78, 5) is 19.5. The van der Waals surface area contributed by atoms with Crippen LogP contribution in [0.1, 0.15) is 60.0 Å². The molecule has 4 heterocycles. The molecule has 0 saturated carbocycles. The first-order valence-electron chi connectivity index (χ1n) is 10.5. The Hall–Kier alpha value is -2.47. The largest absolute Gasteiger partial charge is 0.338 e. The van der Waals surface area contributed by atoms with Crippen LogP contribution in [0.2, 0.25) is 5.15 Å². The summed E-state index contributed by atoms with van der Waals surface area (Å²) in [5.41, 5.74) is 1.50. The molecular formula is C22H24ClN5O. The summed E-state index contributed by atoms with van der Waals surface area (Å²) >= 11 is 5.97. The lowest BCUT2D eigenvalue weighted by Crippen LogP contribution is -2.39. The van der Waals surface area contributed by atoms with Gasteiger partial charge in [0.25, 0.3) is 5.91 Å². The minimum atomic E-state index is 0.0714. The third-order valence-corrected chi connectivity index (χ3v) is 6.32. The van der Waals surface area contributed by atoms with Gasteiger partial charge in [-0.05, 0) is 56.0 Å². The van der Waals surface area contributed by atoms with E-state index in [4.69, 9.17) is 11.6 Å². The Balaban J connectivity index is 1.37. The number of carbonyl (C=O) groups is 1. The Morgan fingerprint density at radius 3 is 2.90 bits per heavy atom. The van der Waals surface area contributed by atoms with E-state index in [9.17, 15) is 4.79 Å². The maximum atomic E-state index is 13.2. The van der Waals surface area contributed by atoms with Crippen LogP contribution in [-0.2, 0) is 13.0 Å². The van der Waals surface area contributed by atoms with Gasteiger partial charge in [-0.15, -0.1) is 10.2 Å². The van der Waals surface area contributed by atoms with Gasteiger partial charge >= 0.3 is 0 Å². The molecular weight excluding hydrogens is 386 g/mol. The Bertz CT molecular complexity index is 1060. The molecule has 0 spiro atoms. The van der Waals surface area contributed by atoms with Gasteiger partial charge in [0, 0.05) is 42.9 Å². The summed E-state index contributed by atoms with van der Waals surface area (Å²) in [7, 11) is 0. The highest BCUT2D eigenvalue weighted by atomic mass is 35.5. The molecule has 0 radical (unpaired) electrons. The Labute approximate surface area is 174 Å². The zero-order valence-electron chi connectivity index (χ0n) is 16.4. The summed E-state index contributed by atoms with van der Waals surface area (Å²) in [5.74, 6) is 2.51. The second-order valence-corrected chi connectivity index (χ2v) is 8.46. The fraction of sp³-hybridized carbons (Fsp3) is 0.455. The molecule has 6 nitrogen and oxygen atoms in total. The van der Waals surface area contributed by atoms with Crippen LogP contribution >= 0.6 is 11.6 Å². The van der Waals surface area contributed by atoms with E-state index < -0.39 is 0 Å². The van der Waals surface area contributed by atoms with Gasteiger partial charge in [0.2, 0.25) is 0 Å². The number of fused-ring (bicyclic) bond motifs is 2. The van der Waals surface area contributed by atoms with Crippen molar-refractivity contribution in [2.24, 2.45) is 0 Å². The molecule has 0 aliphatic carbocycles. The number of rotatable bonds is 2. The van der Waals surface area contributed by atoms with E-state index in [1.54, 1.807) is 6.07 Å². The van der Waals surface area contributed by atoms with Crippen molar-refractivity contribution in [2.45, 2.75) is 51.0 Å². The number of amides is 1. The smallest absolute Gasteiger partial charge is 0.253 e. The first kappa shape index (κ1) is 18.6. The van der Waals surface area contributed by atoms with Gasteiger partial charge in [-0.2, -0.15) is 0 Å². The molecule has 150 valence electrons. The van der Waals surface area contributed by atoms with Gasteiger partial charge in [0.15, 0.2) is 0 Å². The van der Waals surface area contributed by atoms with Gasteiger partial charge in [0.05, 0.1) is 5.52 Å². The predicted molar refractivity (Wildman–Crippen MR) is 112 cm³/mol. The minimum Gasteiger partial charge on any atom is -0.338 e. The van der Waals surface area contributed by atoms with Crippen molar-refractivity contribution in [3.63, 3.8) is 0 Å². The molecule has 5 rings (SSSR count). The van der Waals surface area contributed by atoms with Crippen LogP contribution in [0.15, 0.2) is 30.3 Å². The Kier molecular flexibility index (Phi) is 4.96. The number of pyridine rings is 1. The second kappa shape index (κ2) is 7.75. The van der Waals surface area contributed by atoms with E-state index in [1.807, 2.05) is 29.2 Å². The predicted octanol–water partition coefficient (Wildman–Crippen LogP) is 4.23. The monoisotopic (exact) mass is 409 g/mol. The second-order valence-electron chi connectivity index (χ2n) is 8.07. The van der Waals surface area contributed by atoms with E-state index in [1.165, 1.54) is 19.3 Å². The molecule has 1 saturated heterocycles. The number of hydrogen-bond acceptors (Lipinski definition) is 4. The van der Waals surface area contributed by atoms with Crippen LogP contribution in [0.3, 0.4) is 0 Å². The number of aromatic nitrogens is 4. The van der Waals surface area contributed by atoms with Gasteiger partial charge in [-0.3, -0.25) is 4.79 Å². The lowest BCUT2D eigenvalue weighted by Gasteiger charge is -2.32. The third-order valence-electron chi connectivity index (χ3n) is 6.11. The third kappa shape index (κ3) is 3.62. The molecule has 2 aromatic heterocycles. The normalized spacial score (nSPS) is 19.8. The van der Waals surface area contributed by atoms with Crippen molar-refractivity contribution in [3.05, 3.63) is 52.7 Å². The lowest BCUT2D eigenvalue weighted by atomic mass is 9.96. The standard InChI is InChI=1S/C22H24ClN5O/c23-19-10-8-15-13-16(7-9-18(15)24-19)22(29)27-11-4-5-17(14-27)21-26-25-20-6-2-1-3-12-28(20)21/h7-10,13,17H,1-6,11-12,14H2. The van der Waals surface area contributed by atoms with Crippen molar-refractivity contribution in [2.75, 3.05) is 13.1 Å². The number of piperidine rings is 1. The zero-order valence-corrected chi connectivity index (χ0v) is 17.1. The molecule has 0 bridgehead atoms. The van der Waals surface area contributed by atoms with Crippen molar-refractivity contribution in [1.82, 2.24) is 24.6 Å². The number of halogens is 1. The van der Waals surface area contributed by atoms with Gasteiger partial charge in [-0.1, -0.05) is 18.0 Å². The fourth-order valence-electron chi connectivity index (χ4n) is 4.60. The molecule has 1 aromatic carbocycles. The molecule has 7 heteroatoms. The van der Waals surface area contributed by atoms with Crippen molar-refractivity contribution in [3.8, 4) is 0 Å². The van der Waals surface area contributed by atoms with Crippen molar-refractivity contribution >= 4 is 28.4 Å². The molecule has 29 heavy (non-hydrogen) atoms. The molecule has 1 fully saturated rings. The summed E-state index contributed by atoms with van der Waals surface area (Å²) in [5, 5.41) is 10.4. The molecule has 2 aliphatic rings. The average Bonchev–Trinajstić information content (AvgIpc) is 3.01. The summed E-state index contributed by atoms with van der Waals surface area (Å²) in [6.45, 7) is 2.49. The number of aryl methyl sites for hydroxylation is 1. The Morgan fingerprint density at radius 1 is 1.03 bits per heavy atom. The maximum Gasteiger partial charge on any atom is 0.253 e. The van der Waals surface area contributed by atoms with Gasteiger partial charge < -0.3 is 9.47 Å². The van der Waals surface area contributed by atoms with Crippen LogP contribution in [0, 0.1) is 0 Å². The lowest BCUT2D eigenvalue weighted by molar-refractivity contribution is 0.0703. The fourth-order valence-corrected chi connectivity index (χ4v) is 4.75.